The van der Waals surface area contributed by atoms with Crippen molar-refractivity contribution in [3.05, 3.63) is 168 Å². The fraction of sp³-hybridized carbons (Fsp3) is 0.100. The van der Waals surface area contributed by atoms with E-state index in [0.717, 1.165) is 46.6 Å². The zero-order chi connectivity index (χ0) is 28.3. The molecule has 2 nitrogen and oxygen atoms in total. The van der Waals surface area contributed by atoms with Gasteiger partial charge in [-0.2, -0.15) is 0 Å². The summed E-state index contributed by atoms with van der Waals surface area (Å²) in [5.41, 5.74) is 15.7. The second-order valence-electron chi connectivity index (χ2n) is 11.2. The Labute approximate surface area is 247 Å². The highest BCUT2D eigenvalue weighted by Crippen LogP contribution is 2.63. The van der Waals surface area contributed by atoms with Crippen LogP contribution >= 0.6 is 0 Å². The van der Waals surface area contributed by atoms with Crippen LogP contribution in [0, 0.1) is 0 Å². The molecule has 0 bridgehead atoms. The van der Waals surface area contributed by atoms with Gasteiger partial charge >= 0.3 is 0 Å². The van der Waals surface area contributed by atoms with Crippen LogP contribution in [0.2, 0.25) is 0 Å². The molecular weight excluding hydrogens is 508 g/mol. The molecule has 1 unspecified atom stereocenters. The van der Waals surface area contributed by atoms with Gasteiger partial charge in [0.15, 0.2) is 5.82 Å². The van der Waals surface area contributed by atoms with E-state index in [0.29, 0.717) is 0 Å². The van der Waals surface area contributed by atoms with Crippen LogP contribution in [-0.2, 0) is 5.41 Å². The van der Waals surface area contributed by atoms with Crippen LogP contribution in [0.3, 0.4) is 0 Å². The van der Waals surface area contributed by atoms with Crippen molar-refractivity contribution in [3.63, 3.8) is 0 Å². The molecule has 5 aromatic rings. The summed E-state index contributed by atoms with van der Waals surface area (Å²) in [6.07, 6.45) is 12.7. The van der Waals surface area contributed by atoms with Crippen molar-refractivity contribution in [2.24, 2.45) is 0 Å². The first-order valence-corrected chi connectivity index (χ1v) is 14.7. The lowest BCUT2D eigenvalue weighted by atomic mass is 9.68. The van der Waals surface area contributed by atoms with Crippen molar-refractivity contribution in [2.45, 2.75) is 25.2 Å². The summed E-state index contributed by atoms with van der Waals surface area (Å²) in [7, 11) is 0. The molecule has 42 heavy (non-hydrogen) atoms. The zero-order valence-electron chi connectivity index (χ0n) is 23.6. The van der Waals surface area contributed by atoms with Gasteiger partial charge in [0.25, 0.3) is 0 Å². The van der Waals surface area contributed by atoms with Crippen molar-refractivity contribution in [1.29, 1.82) is 0 Å². The first-order chi connectivity index (χ1) is 20.8. The normalized spacial score (nSPS) is 18.1. The van der Waals surface area contributed by atoms with Crippen molar-refractivity contribution in [3.8, 4) is 33.8 Å². The van der Waals surface area contributed by atoms with E-state index < -0.39 is 0 Å². The SMILES string of the molecule is C=C/C(=C\C)c1cnc(-c2ccc3c(c2)C2(C4=C(C=CCC4)c4ccccc42)c2ccccc2-3)nc1-c1ccccc1. The van der Waals surface area contributed by atoms with Crippen molar-refractivity contribution in [2.75, 3.05) is 0 Å². The molecule has 2 heteroatoms. The molecule has 3 aliphatic rings. The fourth-order valence-electron chi connectivity index (χ4n) is 7.48. The number of rotatable bonds is 4. The number of allylic oxidation sites excluding steroid dienone is 7. The van der Waals surface area contributed by atoms with Gasteiger partial charge in [-0.15, -0.1) is 0 Å². The average Bonchev–Trinajstić information content (AvgIpc) is 3.53. The highest BCUT2D eigenvalue weighted by molar-refractivity contribution is 5.97. The average molecular weight is 539 g/mol. The Hall–Kier alpha value is -5.08. The summed E-state index contributed by atoms with van der Waals surface area (Å²) in [6.45, 7) is 6.07. The summed E-state index contributed by atoms with van der Waals surface area (Å²) >= 11 is 0. The second-order valence-corrected chi connectivity index (χ2v) is 11.2. The van der Waals surface area contributed by atoms with Crippen LogP contribution in [0.15, 0.2) is 140 Å². The molecule has 0 saturated heterocycles. The number of hydrogen-bond acceptors (Lipinski definition) is 2. The molecular formula is C40H30N2. The molecule has 0 aliphatic heterocycles. The van der Waals surface area contributed by atoms with Gasteiger partial charge in [0.2, 0.25) is 0 Å². The van der Waals surface area contributed by atoms with E-state index in [4.69, 9.17) is 9.97 Å². The Balaban J connectivity index is 1.39. The molecule has 1 spiro atoms. The Kier molecular flexibility index (Phi) is 5.58. The van der Waals surface area contributed by atoms with Crippen LogP contribution in [-0.4, -0.2) is 9.97 Å². The third kappa shape index (κ3) is 3.33. The lowest BCUT2D eigenvalue weighted by Gasteiger charge is -2.33. The maximum atomic E-state index is 5.22. The van der Waals surface area contributed by atoms with Crippen LogP contribution < -0.4 is 0 Å². The molecule has 8 rings (SSSR count). The molecule has 0 saturated carbocycles. The molecule has 1 aromatic heterocycles. The van der Waals surface area contributed by atoms with Gasteiger partial charge in [-0.1, -0.05) is 122 Å². The predicted molar refractivity (Wildman–Crippen MR) is 174 cm³/mol. The minimum Gasteiger partial charge on any atom is -0.236 e. The quantitative estimate of drug-likeness (QED) is 0.213. The van der Waals surface area contributed by atoms with Crippen molar-refractivity contribution >= 4 is 11.1 Å². The molecule has 4 aromatic carbocycles. The largest absolute Gasteiger partial charge is 0.236 e. The summed E-state index contributed by atoms with van der Waals surface area (Å²) in [5.74, 6) is 0.732. The lowest BCUT2D eigenvalue weighted by molar-refractivity contribution is 0.714. The third-order valence-corrected chi connectivity index (χ3v) is 9.23. The van der Waals surface area contributed by atoms with E-state index in [9.17, 15) is 0 Å². The molecule has 0 fully saturated rings. The van der Waals surface area contributed by atoms with Gasteiger partial charge in [-0.05, 0) is 75.9 Å². The minimum absolute atomic E-state index is 0.304. The van der Waals surface area contributed by atoms with Crippen molar-refractivity contribution < 1.29 is 0 Å². The van der Waals surface area contributed by atoms with Gasteiger partial charge in [0.05, 0.1) is 11.1 Å². The van der Waals surface area contributed by atoms with Gasteiger partial charge < -0.3 is 0 Å². The highest BCUT2D eigenvalue weighted by atomic mass is 14.9. The summed E-state index contributed by atoms with van der Waals surface area (Å²) < 4.78 is 0. The van der Waals surface area contributed by atoms with Gasteiger partial charge in [0.1, 0.15) is 0 Å². The predicted octanol–water partition coefficient (Wildman–Crippen LogP) is 9.83. The molecule has 0 amide bonds. The first-order valence-electron chi connectivity index (χ1n) is 14.7. The Morgan fingerprint density at radius 2 is 1.50 bits per heavy atom. The number of hydrogen-bond donors (Lipinski definition) is 0. The Morgan fingerprint density at radius 3 is 2.29 bits per heavy atom. The van der Waals surface area contributed by atoms with Crippen LogP contribution in [0.5, 0.6) is 0 Å². The van der Waals surface area contributed by atoms with Crippen LogP contribution in [0.4, 0.5) is 0 Å². The minimum atomic E-state index is -0.304. The van der Waals surface area contributed by atoms with E-state index >= 15 is 0 Å². The lowest BCUT2D eigenvalue weighted by Crippen LogP contribution is -2.27. The topological polar surface area (TPSA) is 25.8 Å². The maximum absolute atomic E-state index is 5.22. The second kappa shape index (κ2) is 9.49. The Bertz CT molecular complexity index is 2010. The summed E-state index contributed by atoms with van der Waals surface area (Å²) in [5, 5.41) is 0. The third-order valence-electron chi connectivity index (χ3n) is 9.23. The van der Waals surface area contributed by atoms with Gasteiger partial charge in [-0.25, -0.2) is 9.97 Å². The number of fused-ring (bicyclic) bond motifs is 9. The molecule has 0 radical (unpaired) electrons. The summed E-state index contributed by atoms with van der Waals surface area (Å²) in [4.78, 5) is 10.2. The first kappa shape index (κ1) is 24.7. The number of nitrogens with zero attached hydrogens (tertiary/aromatic N) is 2. The van der Waals surface area contributed by atoms with E-state index in [2.05, 4.69) is 116 Å². The number of benzene rings is 4. The van der Waals surface area contributed by atoms with E-state index in [1.807, 2.05) is 25.3 Å². The van der Waals surface area contributed by atoms with E-state index in [-0.39, 0.29) is 5.41 Å². The maximum Gasteiger partial charge on any atom is 0.159 e. The van der Waals surface area contributed by atoms with Crippen molar-refractivity contribution in [1.82, 2.24) is 9.97 Å². The fourth-order valence-corrected chi connectivity index (χ4v) is 7.48. The smallest absolute Gasteiger partial charge is 0.159 e. The molecule has 3 aliphatic carbocycles. The molecule has 1 atom stereocenters. The number of aromatic nitrogens is 2. The van der Waals surface area contributed by atoms with Crippen LogP contribution in [0.25, 0.3) is 44.9 Å². The molecule has 1 heterocycles. The van der Waals surface area contributed by atoms with E-state index in [1.165, 1.54) is 44.5 Å². The Morgan fingerprint density at radius 1 is 0.786 bits per heavy atom. The van der Waals surface area contributed by atoms with Gasteiger partial charge in [0, 0.05) is 22.9 Å². The molecule has 200 valence electrons. The van der Waals surface area contributed by atoms with E-state index in [1.54, 1.807) is 0 Å². The summed E-state index contributed by atoms with van der Waals surface area (Å²) in [6, 6.07) is 35.2. The monoisotopic (exact) mass is 538 g/mol. The van der Waals surface area contributed by atoms with Crippen LogP contribution in [0.1, 0.15) is 47.6 Å². The molecule has 0 N–H and O–H groups in total. The standard InChI is InChI=1S/C40H30N2/c1-3-26(4-2)33-25-41-39(42-38(33)27-14-6-5-7-15-27)28-22-23-32-31-18-10-13-21-36(31)40(37(32)24-28)34-19-11-8-16-29(34)30-17-9-12-20-35(30)40/h3-11,13-19,21-25H,1,12,20H2,2H3/b26-4+. The van der Waals surface area contributed by atoms with Gasteiger partial charge in [-0.3, -0.25) is 0 Å². The highest BCUT2D eigenvalue weighted by Gasteiger charge is 2.52. The zero-order valence-corrected chi connectivity index (χ0v) is 23.6.